The van der Waals surface area contributed by atoms with E-state index in [-0.39, 0.29) is 24.3 Å². The van der Waals surface area contributed by atoms with Gasteiger partial charge in [0.05, 0.1) is 11.9 Å². The molecule has 1 N–H and O–H groups in total. The summed E-state index contributed by atoms with van der Waals surface area (Å²) in [7, 11) is 0. The van der Waals surface area contributed by atoms with Crippen molar-refractivity contribution < 1.29 is 14.4 Å². The Bertz CT molecular complexity index is 1060. The molecule has 1 atom stereocenters. The number of aryl methyl sites for hydroxylation is 1. The minimum Gasteiger partial charge on any atom is -0.368 e. The average Bonchev–Trinajstić information content (AvgIpc) is 2.83. The van der Waals surface area contributed by atoms with Gasteiger partial charge in [-0.15, -0.1) is 0 Å². The molecule has 0 aromatic carbocycles. The standard InChI is InChI=1S/C23H28N6O4/c30-16-17-4-5-18(24-14-17)3-1-2-8-27-9-11-28(12-10-27)19-13-22(32)29(25-15-19)20-6-7-21(31)26-23(20)33/h4-5,13-16,20H,1-3,6-12H2,(H,26,31,33). The van der Waals surface area contributed by atoms with Crippen molar-refractivity contribution in [2.75, 3.05) is 37.6 Å². The van der Waals surface area contributed by atoms with Crippen molar-refractivity contribution in [2.45, 2.75) is 38.1 Å². The summed E-state index contributed by atoms with van der Waals surface area (Å²) in [5.41, 5.74) is 2.03. The first kappa shape index (κ1) is 22.8. The number of nitrogens with zero attached hydrogens (tertiary/aromatic N) is 5. The molecule has 174 valence electrons. The second-order valence-corrected chi connectivity index (χ2v) is 8.45. The molecular formula is C23H28N6O4. The molecule has 10 heteroatoms. The largest absolute Gasteiger partial charge is 0.368 e. The maximum Gasteiger partial charge on any atom is 0.269 e. The van der Waals surface area contributed by atoms with Crippen molar-refractivity contribution in [3.8, 4) is 0 Å². The second kappa shape index (κ2) is 10.5. The fraction of sp³-hybridized carbons (Fsp3) is 0.478. The van der Waals surface area contributed by atoms with Gasteiger partial charge >= 0.3 is 0 Å². The van der Waals surface area contributed by atoms with Crippen molar-refractivity contribution in [3.05, 3.63) is 52.2 Å². The first-order valence-corrected chi connectivity index (χ1v) is 11.3. The van der Waals surface area contributed by atoms with Crippen LogP contribution >= 0.6 is 0 Å². The maximum atomic E-state index is 12.6. The van der Waals surface area contributed by atoms with Crippen LogP contribution in [0.1, 0.15) is 47.8 Å². The highest BCUT2D eigenvalue weighted by atomic mass is 16.2. The molecule has 2 aliphatic heterocycles. The van der Waals surface area contributed by atoms with Gasteiger partial charge in [-0.2, -0.15) is 5.10 Å². The summed E-state index contributed by atoms with van der Waals surface area (Å²) in [6.45, 7) is 4.43. The number of amides is 2. The molecule has 4 heterocycles. The fourth-order valence-corrected chi connectivity index (χ4v) is 4.26. The SMILES string of the molecule is O=Cc1ccc(CCCCN2CCN(c3cnn(C4CCC(=O)NC4=O)c(=O)c3)CC2)nc1. The van der Waals surface area contributed by atoms with Gasteiger partial charge in [0, 0.05) is 56.1 Å². The number of pyridine rings is 1. The molecular weight excluding hydrogens is 424 g/mol. The van der Waals surface area contributed by atoms with Crippen molar-refractivity contribution in [2.24, 2.45) is 0 Å². The molecule has 2 amide bonds. The first-order chi connectivity index (χ1) is 16.0. The molecule has 2 aliphatic rings. The van der Waals surface area contributed by atoms with E-state index in [9.17, 15) is 19.2 Å². The Morgan fingerprint density at radius 3 is 2.55 bits per heavy atom. The summed E-state index contributed by atoms with van der Waals surface area (Å²) in [5, 5.41) is 6.49. The Kier molecular flexibility index (Phi) is 7.23. The van der Waals surface area contributed by atoms with Crippen LogP contribution in [-0.4, -0.2) is 70.5 Å². The minimum absolute atomic E-state index is 0.206. The molecule has 2 aromatic rings. The number of carbonyl (C=O) groups excluding carboxylic acids is 3. The minimum atomic E-state index is -0.737. The van der Waals surface area contributed by atoms with Crippen molar-refractivity contribution in [1.29, 1.82) is 0 Å². The van der Waals surface area contributed by atoms with E-state index in [0.717, 1.165) is 69.7 Å². The molecule has 10 nitrogen and oxygen atoms in total. The van der Waals surface area contributed by atoms with Gasteiger partial charge in [-0.3, -0.25) is 34.4 Å². The number of aldehydes is 1. The summed E-state index contributed by atoms with van der Waals surface area (Å²) in [6, 6.07) is 4.49. The van der Waals surface area contributed by atoms with Crippen LogP contribution in [0.2, 0.25) is 0 Å². The molecule has 0 spiro atoms. The third kappa shape index (κ3) is 5.70. The Morgan fingerprint density at radius 2 is 1.88 bits per heavy atom. The van der Waals surface area contributed by atoms with Gasteiger partial charge in [0.1, 0.15) is 6.04 Å². The Hall–Kier alpha value is -3.40. The predicted octanol–water partition coefficient (Wildman–Crippen LogP) is 0.573. The van der Waals surface area contributed by atoms with Crippen LogP contribution in [0.15, 0.2) is 35.4 Å². The fourth-order valence-electron chi connectivity index (χ4n) is 4.26. The number of aromatic nitrogens is 3. The van der Waals surface area contributed by atoms with E-state index in [1.807, 2.05) is 6.07 Å². The van der Waals surface area contributed by atoms with Gasteiger partial charge in [0.2, 0.25) is 5.91 Å². The number of hydrogen-bond donors (Lipinski definition) is 1. The number of nitrogens with one attached hydrogen (secondary N) is 1. The van der Waals surface area contributed by atoms with E-state index in [2.05, 4.69) is 25.2 Å². The van der Waals surface area contributed by atoms with Crippen LogP contribution < -0.4 is 15.8 Å². The number of hydrogen-bond acceptors (Lipinski definition) is 8. The van der Waals surface area contributed by atoms with E-state index in [0.29, 0.717) is 5.56 Å². The van der Waals surface area contributed by atoms with Crippen LogP contribution in [0.5, 0.6) is 0 Å². The number of carbonyl (C=O) groups is 3. The summed E-state index contributed by atoms with van der Waals surface area (Å²) in [4.78, 5) is 55.5. The van der Waals surface area contributed by atoms with Crippen LogP contribution in [0.3, 0.4) is 0 Å². The normalized spacial score (nSPS) is 19.4. The number of piperidine rings is 1. The maximum absolute atomic E-state index is 12.6. The van der Waals surface area contributed by atoms with Crippen molar-refractivity contribution >= 4 is 23.8 Å². The molecule has 0 radical (unpaired) electrons. The monoisotopic (exact) mass is 452 g/mol. The summed E-state index contributed by atoms with van der Waals surface area (Å²) in [5.74, 6) is -0.792. The molecule has 2 aromatic heterocycles. The van der Waals surface area contributed by atoms with Crippen molar-refractivity contribution in [1.82, 2.24) is 25.0 Å². The lowest BCUT2D eigenvalue weighted by Crippen LogP contribution is -2.47. The van der Waals surface area contributed by atoms with Crippen LogP contribution in [0.4, 0.5) is 5.69 Å². The number of imide groups is 1. The summed E-state index contributed by atoms with van der Waals surface area (Å²) < 4.78 is 1.17. The number of rotatable bonds is 8. The number of unbranched alkanes of at least 4 members (excludes halogenated alkanes) is 1. The van der Waals surface area contributed by atoms with E-state index >= 15 is 0 Å². The van der Waals surface area contributed by atoms with Crippen molar-refractivity contribution in [3.63, 3.8) is 0 Å². The lowest BCUT2D eigenvalue weighted by Gasteiger charge is -2.36. The highest BCUT2D eigenvalue weighted by molar-refractivity contribution is 5.99. The molecule has 4 rings (SSSR count). The van der Waals surface area contributed by atoms with Gasteiger partial charge in [0.15, 0.2) is 6.29 Å². The van der Waals surface area contributed by atoms with Gasteiger partial charge in [-0.1, -0.05) is 0 Å². The topological polar surface area (TPSA) is 117 Å². The number of anilines is 1. The Morgan fingerprint density at radius 1 is 1.06 bits per heavy atom. The molecule has 2 saturated heterocycles. The quantitative estimate of drug-likeness (QED) is 0.351. The Balaban J connectivity index is 1.22. The smallest absolute Gasteiger partial charge is 0.269 e. The van der Waals surface area contributed by atoms with Gasteiger partial charge in [-0.05, 0) is 44.4 Å². The summed E-state index contributed by atoms with van der Waals surface area (Å²) >= 11 is 0. The van der Waals surface area contributed by atoms with Gasteiger partial charge in [0.25, 0.3) is 11.5 Å². The highest BCUT2D eigenvalue weighted by Gasteiger charge is 2.29. The second-order valence-electron chi connectivity index (χ2n) is 8.45. The van der Waals surface area contributed by atoms with Crippen LogP contribution in [0, 0.1) is 0 Å². The summed E-state index contributed by atoms with van der Waals surface area (Å²) in [6.07, 6.45) is 7.54. The van der Waals surface area contributed by atoms with E-state index in [1.54, 1.807) is 18.5 Å². The molecule has 33 heavy (non-hydrogen) atoms. The lowest BCUT2D eigenvalue weighted by atomic mass is 10.1. The van der Waals surface area contributed by atoms with Crippen LogP contribution in [-0.2, 0) is 16.0 Å². The number of piperazine rings is 1. The molecule has 0 bridgehead atoms. The molecule has 0 saturated carbocycles. The van der Waals surface area contributed by atoms with E-state index in [4.69, 9.17) is 0 Å². The van der Waals surface area contributed by atoms with Gasteiger partial charge in [-0.25, -0.2) is 4.68 Å². The molecule has 0 aliphatic carbocycles. The average molecular weight is 453 g/mol. The molecule has 1 unspecified atom stereocenters. The van der Waals surface area contributed by atoms with Gasteiger partial charge < -0.3 is 4.90 Å². The van der Waals surface area contributed by atoms with Crippen LogP contribution in [0.25, 0.3) is 0 Å². The highest BCUT2D eigenvalue weighted by Crippen LogP contribution is 2.18. The Labute approximate surface area is 191 Å². The zero-order chi connectivity index (χ0) is 23.2. The predicted molar refractivity (Wildman–Crippen MR) is 121 cm³/mol. The third-order valence-corrected chi connectivity index (χ3v) is 6.20. The zero-order valence-corrected chi connectivity index (χ0v) is 18.5. The molecule has 2 fully saturated rings. The zero-order valence-electron chi connectivity index (χ0n) is 18.5. The van der Waals surface area contributed by atoms with E-state index in [1.165, 1.54) is 10.7 Å². The lowest BCUT2D eigenvalue weighted by molar-refractivity contribution is -0.136. The third-order valence-electron chi connectivity index (χ3n) is 6.20. The van der Waals surface area contributed by atoms with E-state index < -0.39 is 11.9 Å². The first-order valence-electron chi connectivity index (χ1n) is 11.3.